The van der Waals surface area contributed by atoms with Crippen molar-refractivity contribution >= 4 is 58.2 Å². The van der Waals surface area contributed by atoms with Gasteiger partial charge in [-0.15, -0.1) is 0 Å². The van der Waals surface area contributed by atoms with E-state index in [1.807, 2.05) is 31.2 Å². The van der Waals surface area contributed by atoms with Gasteiger partial charge >= 0.3 is 0 Å². The third-order valence-corrected chi connectivity index (χ3v) is 4.03. The molecule has 0 bridgehead atoms. The highest BCUT2D eigenvalue weighted by Gasteiger charge is 2.06. The number of anilines is 1. The summed E-state index contributed by atoms with van der Waals surface area (Å²) in [6.45, 7) is 1.87. The molecule has 0 aromatic heterocycles. The number of rotatable bonds is 3. The Morgan fingerprint density at radius 2 is 1.78 bits per heavy atom. The average molecular weight is 365 g/mol. The molecule has 0 aliphatic rings. The lowest BCUT2D eigenvalue weighted by Gasteiger charge is -2.11. The molecule has 0 atom stereocenters. The van der Waals surface area contributed by atoms with Crippen molar-refractivity contribution in [3.05, 3.63) is 69.7 Å². The van der Waals surface area contributed by atoms with Gasteiger partial charge in [0, 0.05) is 21.8 Å². The number of thiocarbonyl (C=S) groups is 1. The SMILES string of the molecule is Cc1c(Cl)cccc1NC(=S)NC(=O)/C=C/c1ccccc1Cl. The number of benzene rings is 2. The molecule has 0 aliphatic heterocycles. The number of halogens is 2. The summed E-state index contributed by atoms with van der Waals surface area (Å²) in [4.78, 5) is 11.9. The monoisotopic (exact) mass is 364 g/mol. The van der Waals surface area contributed by atoms with Gasteiger partial charge in [-0.2, -0.15) is 0 Å². The van der Waals surface area contributed by atoms with Crippen LogP contribution in [0.5, 0.6) is 0 Å². The molecule has 2 aromatic rings. The highest BCUT2D eigenvalue weighted by molar-refractivity contribution is 7.80. The minimum atomic E-state index is -0.345. The minimum Gasteiger partial charge on any atom is -0.332 e. The summed E-state index contributed by atoms with van der Waals surface area (Å²) in [5, 5.41) is 6.92. The molecule has 118 valence electrons. The number of carbonyl (C=O) groups is 1. The fourth-order valence-electron chi connectivity index (χ4n) is 1.83. The Morgan fingerprint density at radius 1 is 1.09 bits per heavy atom. The number of nitrogens with one attached hydrogen (secondary N) is 2. The number of amides is 1. The van der Waals surface area contributed by atoms with Crippen molar-refractivity contribution in [2.45, 2.75) is 6.92 Å². The Kier molecular flexibility index (Phi) is 6.16. The third kappa shape index (κ3) is 5.06. The summed E-state index contributed by atoms with van der Waals surface area (Å²) >= 11 is 17.2. The number of carbonyl (C=O) groups excluding carboxylic acids is 1. The first-order valence-electron chi connectivity index (χ1n) is 6.77. The number of hydrogen-bond acceptors (Lipinski definition) is 2. The summed E-state index contributed by atoms with van der Waals surface area (Å²) in [6, 6.07) is 12.7. The first kappa shape index (κ1) is 17.5. The Hall–Kier alpha value is -1.88. The molecule has 0 aliphatic carbocycles. The maximum absolute atomic E-state index is 11.9. The standard InChI is InChI=1S/C17H14Cl2N2OS/c1-11-13(18)7-4-8-15(11)20-17(23)21-16(22)10-9-12-5-2-3-6-14(12)19/h2-10H,1H3,(H2,20,21,22,23)/b10-9+. The van der Waals surface area contributed by atoms with Crippen molar-refractivity contribution in [1.29, 1.82) is 0 Å². The lowest BCUT2D eigenvalue weighted by Crippen LogP contribution is -2.33. The Labute approximate surface area is 150 Å². The molecule has 0 saturated carbocycles. The lowest BCUT2D eigenvalue weighted by molar-refractivity contribution is -0.115. The van der Waals surface area contributed by atoms with Crippen LogP contribution in [0.2, 0.25) is 10.0 Å². The average Bonchev–Trinajstić information content (AvgIpc) is 2.51. The van der Waals surface area contributed by atoms with Crippen LogP contribution in [-0.4, -0.2) is 11.0 Å². The van der Waals surface area contributed by atoms with E-state index in [1.54, 1.807) is 24.3 Å². The van der Waals surface area contributed by atoms with Crippen molar-refractivity contribution in [1.82, 2.24) is 5.32 Å². The smallest absolute Gasteiger partial charge is 0.250 e. The predicted molar refractivity (Wildman–Crippen MR) is 101 cm³/mol. The van der Waals surface area contributed by atoms with Gasteiger partial charge in [0.05, 0.1) is 0 Å². The second-order valence-corrected chi connectivity index (χ2v) is 5.93. The van der Waals surface area contributed by atoms with E-state index < -0.39 is 0 Å². The maximum Gasteiger partial charge on any atom is 0.250 e. The van der Waals surface area contributed by atoms with E-state index in [1.165, 1.54) is 6.08 Å². The van der Waals surface area contributed by atoms with E-state index in [2.05, 4.69) is 10.6 Å². The molecular formula is C17H14Cl2N2OS. The molecule has 3 nitrogen and oxygen atoms in total. The zero-order chi connectivity index (χ0) is 16.8. The molecule has 0 spiro atoms. The van der Waals surface area contributed by atoms with E-state index in [-0.39, 0.29) is 11.0 Å². The summed E-state index contributed by atoms with van der Waals surface area (Å²) < 4.78 is 0. The molecular weight excluding hydrogens is 351 g/mol. The van der Waals surface area contributed by atoms with Gasteiger partial charge in [0.25, 0.3) is 0 Å². The van der Waals surface area contributed by atoms with E-state index in [0.29, 0.717) is 10.0 Å². The van der Waals surface area contributed by atoms with Crippen molar-refractivity contribution in [3.8, 4) is 0 Å². The molecule has 0 fully saturated rings. The van der Waals surface area contributed by atoms with E-state index in [4.69, 9.17) is 35.4 Å². The van der Waals surface area contributed by atoms with Gasteiger partial charge in [0.1, 0.15) is 0 Å². The molecule has 0 unspecified atom stereocenters. The van der Waals surface area contributed by atoms with Crippen LogP contribution < -0.4 is 10.6 Å². The number of hydrogen-bond donors (Lipinski definition) is 2. The molecule has 0 saturated heterocycles. The van der Waals surface area contributed by atoms with Crippen molar-refractivity contribution in [2.75, 3.05) is 5.32 Å². The summed E-state index contributed by atoms with van der Waals surface area (Å²) in [6.07, 6.45) is 3.00. The van der Waals surface area contributed by atoms with Crippen molar-refractivity contribution < 1.29 is 4.79 Å². The molecule has 2 rings (SSSR count). The lowest BCUT2D eigenvalue weighted by atomic mass is 10.2. The first-order valence-corrected chi connectivity index (χ1v) is 7.93. The van der Waals surface area contributed by atoms with Crippen LogP contribution in [0.25, 0.3) is 6.08 Å². The van der Waals surface area contributed by atoms with Crippen LogP contribution in [-0.2, 0) is 4.79 Å². The summed E-state index contributed by atoms with van der Waals surface area (Å²) in [7, 11) is 0. The molecule has 2 N–H and O–H groups in total. The largest absolute Gasteiger partial charge is 0.332 e. The van der Waals surface area contributed by atoms with Gasteiger partial charge < -0.3 is 5.32 Å². The van der Waals surface area contributed by atoms with Crippen LogP contribution in [0, 0.1) is 6.92 Å². The van der Waals surface area contributed by atoms with Gasteiger partial charge in [0.15, 0.2) is 5.11 Å². The molecule has 1 amide bonds. The molecule has 0 heterocycles. The second kappa shape index (κ2) is 8.11. The van der Waals surface area contributed by atoms with Crippen molar-refractivity contribution in [2.24, 2.45) is 0 Å². The van der Waals surface area contributed by atoms with E-state index >= 15 is 0 Å². The fourth-order valence-corrected chi connectivity index (χ4v) is 2.41. The molecule has 23 heavy (non-hydrogen) atoms. The Bertz CT molecular complexity index is 775. The normalized spacial score (nSPS) is 10.6. The van der Waals surface area contributed by atoms with Gasteiger partial charge in [-0.3, -0.25) is 10.1 Å². The summed E-state index contributed by atoms with van der Waals surface area (Å²) in [5.74, 6) is -0.345. The topological polar surface area (TPSA) is 41.1 Å². The van der Waals surface area contributed by atoms with Crippen LogP contribution >= 0.6 is 35.4 Å². The third-order valence-electron chi connectivity index (χ3n) is 3.07. The predicted octanol–water partition coefficient (Wildman–Crippen LogP) is 4.83. The van der Waals surface area contributed by atoms with E-state index in [0.717, 1.165) is 16.8 Å². The van der Waals surface area contributed by atoms with Gasteiger partial charge in [-0.1, -0.05) is 47.5 Å². The molecule has 2 aromatic carbocycles. The highest BCUT2D eigenvalue weighted by Crippen LogP contribution is 2.22. The van der Waals surface area contributed by atoms with Crippen LogP contribution in [0.1, 0.15) is 11.1 Å². The quantitative estimate of drug-likeness (QED) is 0.605. The Morgan fingerprint density at radius 3 is 2.52 bits per heavy atom. The first-order chi connectivity index (χ1) is 11.0. The molecule has 6 heteroatoms. The van der Waals surface area contributed by atoms with Crippen molar-refractivity contribution in [3.63, 3.8) is 0 Å². The van der Waals surface area contributed by atoms with Gasteiger partial charge in [-0.05, 0) is 54.5 Å². The van der Waals surface area contributed by atoms with Crippen LogP contribution in [0.15, 0.2) is 48.5 Å². The van der Waals surface area contributed by atoms with Gasteiger partial charge in [0.2, 0.25) is 5.91 Å². The van der Waals surface area contributed by atoms with Crippen LogP contribution in [0.3, 0.4) is 0 Å². The fraction of sp³-hybridized carbons (Fsp3) is 0.0588. The molecule has 0 radical (unpaired) electrons. The second-order valence-electron chi connectivity index (χ2n) is 4.71. The van der Waals surface area contributed by atoms with Gasteiger partial charge in [-0.25, -0.2) is 0 Å². The Balaban J connectivity index is 1.96. The highest BCUT2D eigenvalue weighted by atomic mass is 35.5. The zero-order valence-corrected chi connectivity index (χ0v) is 14.6. The van der Waals surface area contributed by atoms with E-state index in [9.17, 15) is 4.79 Å². The minimum absolute atomic E-state index is 0.198. The van der Waals surface area contributed by atoms with Crippen LogP contribution in [0.4, 0.5) is 5.69 Å². The maximum atomic E-state index is 11.9. The summed E-state index contributed by atoms with van der Waals surface area (Å²) in [5.41, 5.74) is 2.36. The zero-order valence-electron chi connectivity index (χ0n) is 12.3.